The molecule has 1 atom stereocenters. The van der Waals surface area contributed by atoms with Gasteiger partial charge in [0.2, 0.25) is 0 Å². The summed E-state index contributed by atoms with van der Waals surface area (Å²) in [6.45, 7) is 0. The third-order valence-corrected chi connectivity index (χ3v) is 1.85. The Balaban J connectivity index is 2.83. The normalized spacial score (nSPS) is 12.9. The van der Waals surface area contributed by atoms with E-state index in [1.807, 2.05) is 0 Å². The van der Waals surface area contributed by atoms with Gasteiger partial charge in [0.1, 0.15) is 0 Å². The lowest BCUT2D eigenvalue weighted by atomic mass is 10.2. The topological polar surface area (TPSA) is 80.4 Å². The molecule has 0 aliphatic carbocycles. The zero-order chi connectivity index (χ0) is 10.6. The SMILES string of the molecule is O=[N+]([O-])c1ccc(/C=C/S(=O)O)cc1. The molecule has 14 heavy (non-hydrogen) atoms. The first-order chi connectivity index (χ1) is 6.59. The molecule has 0 radical (unpaired) electrons. The highest BCUT2D eigenvalue weighted by molar-refractivity contribution is 7.82. The van der Waals surface area contributed by atoms with Gasteiger partial charge in [0, 0.05) is 17.5 Å². The molecule has 1 unspecified atom stereocenters. The van der Waals surface area contributed by atoms with Crippen LogP contribution in [0.4, 0.5) is 5.69 Å². The number of benzene rings is 1. The first-order valence-electron chi connectivity index (χ1n) is 3.62. The molecule has 74 valence electrons. The first kappa shape index (κ1) is 10.6. The predicted molar refractivity (Wildman–Crippen MR) is 52.9 cm³/mol. The smallest absolute Gasteiger partial charge is 0.269 e. The fourth-order valence-electron chi connectivity index (χ4n) is 0.844. The highest BCUT2D eigenvalue weighted by Gasteiger charge is 2.01. The minimum atomic E-state index is -1.99. The van der Waals surface area contributed by atoms with Gasteiger partial charge in [-0.3, -0.25) is 10.1 Å². The van der Waals surface area contributed by atoms with E-state index in [9.17, 15) is 14.3 Å². The molecule has 0 spiro atoms. The fourth-order valence-corrected chi connectivity index (χ4v) is 1.12. The van der Waals surface area contributed by atoms with Crippen molar-refractivity contribution < 1.29 is 13.7 Å². The Morgan fingerprint density at radius 3 is 2.36 bits per heavy atom. The largest absolute Gasteiger partial charge is 0.303 e. The second-order valence-corrected chi connectivity index (χ2v) is 3.25. The van der Waals surface area contributed by atoms with Crippen LogP contribution < -0.4 is 0 Å². The Labute approximate surface area is 82.5 Å². The number of nitro groups is 1. The van der Waals surface area contributed by atoms with Crippen LogP contribution in [0.2, 0.25) is 0 Å². The Kier molecular flexibility index (Phi) is 3.49. The van der Waals surface area contributed by atoms with Crippen LogP contribution in [0.25, 0.3) is 6.08 Å². The molecule has 0 bridgehead atoms. The molecular weight excluding hydrogens is 206 g/mol. The molecule has 5 nitrogen and oxygen atoms in total. The molecule has 0 amide bonds. The van der Waals surface area contributed by atoms with Crippen LogP contribution >= 0.6 is 0 Å². The van der Waals surface area contributed by atoms with Crippen LogP contribution in [0, 0.1) is 10.1 Å². The number of nitro benzene ring substituents is 1. The number of nitrogens with zero attached hydrogens (tertiary/aromatic N) is 1. The lowest BCUT2D eigenvalue weighted by molar-refractivity contribution is -0.384. The van der Waals surface area contributed by atoms with E-state index in [0.717, 1.165) is 5.41 Å². The van der Waals surface area contributed by atoms with Gasteiger partial charge < -0.3 is 4.55 Å². The van der Waals surface area contributed by atoms with Crippen LogP contribution in [-0.4, -0.2) is 13.7 Å². The van der Waals surface area contributed by atoms with Gasteiger partial charge in [-0.25, -0.2) is 4.21 Å². The van der Waals surface area contributed by atoms with E-state index < -0.39 is 16.0 Å². The molecule has 0 fully saturated rings. The van der Waals surface area contributed by atoms with E-state index in [1.165, 1.54) is 30.3 Å². The van der Waals surface area contributed by atoms with Crippen molar-refractivity contribution in [1.82, 2.24) is 0 Å². The highest BCUT2D eigenvalue weighted by atomic mass is 32.2. The van der Waals surface area contributed by atoms with Crippen LogP contribution in [0.1, 0.15) is 5.56 Å². The average molecular weight is 213 g/mol. The number of non-ortho nitro benzene ring substituents is 1. The maximum atomic E-state index is 10.3. The molecule has 1 rings (SSSR count). The minimum Gasteiger partial charge on any atom is -0.303 e. The molecule has 0 aromatic heterocycles. The summed E-state index contributed by atoms with van der Waals surface area (Å²) in [5.74, 6) is 0. The van der Waals surface area contributed by atoms with Gasteiger partial charge in [-0.15, -0.1) is 0 Å². The molecule has 0 aliphatic heterocycles. The van der Waals surface area contributed by atoms with Crippen LogP contribution in [0.15, 0.2) is 29.7 Å². The number of hydrogen-bond acceptors (Lipinski definition) is 3. The van der Waals surface area contributed by atoms with E-state index in [2.05, 4.69) is 0 Å². The summed E-state index contributed by atoms with van der Waals surface area (Å²) in [6.07, 6.45) is 1.42. The van der Waals surface area contributed by atoms with Crippen molar-refractivity contribution in [3.8, 4) is 0 Å². The summed E-state index contributed by atoms with van der Waals surface area (Å²) in [4.78, 5) is 9.77. The van der Waals surface area contributed by atoms with Gasteiger partial charge in [0.05, 0.1) is 4.92 Å². The second-order valence-electron chi connectivity index (χ2n) is 2.43. The molecular formula is C8H7NO4S. The van der Waals surface area contributed by atoms with Crippen molar-refractivity contribution in [2.75, 3.05) is 0 Å². The molecule has 0 heterocycles. The third kappa shape index (κ3) is 3.08. The maximum Gasteiger partial charge on any atom is 0.269 e. The van der Waals surface area contributed by atoms with Crippen LogP contribution in [0.5, 0.6) is 0 Å². The maximum absolute atomic E-state index is 10.3. The fraction of sp³-hybridized carbons (Fsp3) is 0. The molecule has 1 aromatic rings. The Bertz CT molecular complexity index is 385. The van der Waals surface area contributed by atoms with Crippen molar-refractivity contribution >= 4 is 22.8 Å². The van der Waals surface area contributed by atoms with Gasteiger partial charge >= 0.3 is 0 Å². The van der Waals surface area contributed by atoms with E-state index in [1.54, 1.807) is 0 Å². The van der Waals surface area contributed by atoms with Gasteiger partial charge in [-0.1, -0.05) is 0 Å². The number of hydrogen-bond donors (Lipinski definition) is 1. The second kappa shape index (κ2) is 4.64. The van der Waals surface area contributed by atoms with Gasteiger partial charge in [-0.2, -0.15) is 0 Å². The summed E-state index contributed by atoms with van der Waals surface area (Å²) >= 11 is -1.99. The van der Waals surface area contributed by atoms with Gasteiger partial charge in [0.25, 0.3) is 5.69 Å². The average Bonchev–Trinajstić information content (AvgIpc) is 2.15. The first-order valence-corrected chi connectivity index (χ1v) is 4.79. The molecule has 1 N–H and O–H groups in total. The van der Waals surface area contributed by atoms with Crippen LogP contribution in [-0.2, 0) is 11.1 Å². The summed E-state index contributed by atoms with van der Waals surface area (Å²) < 4.78 is 18.7. The lowest BCUT2D eigenvalue weighted by Crippen LogP contribution is -1.86. The van der Waals surface area contributed by atoms with E-state index in [4.69, 9.17) is 4.55 Å². The van der Waals surface area contributed by atoms with Crippen molar-refractivity contribution in [3.05, 3.63) is 45.4 Å². The number of rotatable bonds is 3. The van der Waals surface area contributed by atoms with Crippen molar-refractivity contribution in [3.63, 3.8) is 0 Å². The van der Waals surface area contributed by atoms with Gasteiger partial charge in [-0.05, 0) is 23.8 Å². The predicted octanol–water partition coefficient (Wildman–Crippen LogP) is 1.79. The van der Waals surface area contributed by atoms with E-state index >= 15 is 0 Å². The minimum absolute atomic E-state index is 0.00716. The zero-order valence-electron chi connectivity index (χ0n) is 6.99. The van der Waals surface area contributed by atoms with Crippen molar-refractivity contribution in [1.29, 1.82) is 0 Å². The van der Waals surface area contributed by atoms with Crippen LogP contribution in [0.3, 0.4) is 0 Å². The summed E-state index contributed by atoms with van der Waals surface area (Å²) in [5.41, 5.74) is 0.630. The summed E-state index contributed by atoms with van der Waals surface area (Å²) in [7, 11) is 0. The van der Waals surface area contributed by atoms with Crippen molar-refractivity contribution in [2.24, 2.45) is 0 Å². The van der Waals surface area contributed by atoms with Gasteiger partial charge in [0.15, 0.2) is 11.1 Å². The molecule has 0 saturated carbocycles. The molecule has 0 aliphatic rings. The molecule has 6 heteroatoms. The van der Waals surface area contributed by atoms with E-state index in [0.29, 0.717) is 5.56 Å². The zero-order valence-corrected chi connectivity index (χ0v) is 7.81. The Morgan fingerprint density at radius 1 is 1.36 bits per heavy atom. The highest BCUT2D eigenvalue weighted by Crippen LogP contribution is 2.12. The lowest BCUT2D eigenvalue weighted by Gasteiger charge is -1.92. The van der Waals surface area contributed by atoms with Crippen molar-refractivity contribution in [2.45, 2.75) is 0 Å². The van der Waals surface area contributed by atoms with E-state index in [-0.39, 0.29) is 5.69 Å². The molecule has 1 aromatic carbocycles. The third-order valence-electron chi connectivity index (χ3n) is 1.48. The Morgan fingerprint density at radius 2 is 1.93 bits per heavy atom. The standard InChI is InChI=1S/C8H7NO4S/c10-9(11)8-3-1-7(2-4-8)5-6-14(12)13/h1-6H,(H,12,13)/b6-5+. The summed E-state index contributed by atoms with van der Waals surface area (Å²) in [5, 5.41) is 11.4. The quantitative estimate of drug-likeness (QED) is 0.471. The Hall–Kier alpha value is -1.53. The summed E-state index contributed by atoms with van der Waals surface area (Å²) in [6, 6.07) is 5.67. The molecule has 0 saturated heterocycles. The monoisotopic (exact) mass is 213 g/mol.